The van der Waals surface area contributed by atoms with Crippen LogP contribution in [0.25, 0.3) is 0 Å². The number of aliphatic hydroxyl groups excluding tert-OH is 1. The third-order valence-electron chi connectivity index (χ3n) is 1.10. The first-order valence-corrected chi connectivity index (χ1v) is 3.78. The first-order valence-electron chi connectivity index (χ1n) is 3.05. The molecule has 4 nitrogen and oxygen atoms in total. The van der Waals surface area contributed by atoms with Crippen LogP contribution >= 0.6 is 8.69 Å². The van der Waals surface area contributed by atoms with Gasteiger partial charge < -0.3 is 10.0 Å². The van der Waals surface area contributed by atoms with Crippen molar-refractivity contribution in [2.24, 2.45) is 0 Å². The van der Waals surface area contributed by atoms with Crippen LogP contribution in [0.3, 0.4) is 0 Å². The third kappa shape index (κ3) is 6.11. The molecule has 0 heterocycles. The quantitative estimate of drug-likeness (QED) is 0.449. The van der Waals surface area contributed by atoms with Gasteiger partial charge in [-0.25, -0.2) is 4.57 Å². The molecule has 0 atom stereocenters. The molecule has 0 unspecified atom stereocenters. The predicted octanol–water partition coefficient (Wildman–Crippen LogP) is 0.134. The second-order valence-corrected chi connectivity index (χ2v) is 2.34. The largest absolute Gasteiger partial charge is 0.395 e. The van der Waals surface area contributed by atoms with E-state index in [9.17, 15) is 4.57 Å². The van der Waals surface area contributed by atoms with E-state index in [4.69, 9.17) is 5.11 Å². The maximum Gasteiger partial charge on any atom is 0.327 e. The van der Waals surface area contributed by atoms with Crippen LogP contribution in [0.2, 0.25) is 0 Å². The van der Waals surface area contributed by atoms with E-state index in [0.29, 0.717) is 19.7 Å². The van der Waals surface area contributed by atoms with Crippen molar-refractivity contribution in [2.45, 2.75) is 0 Å². The summed E-state index contributed by atoms with van der Waals surface area (Å²) in [6.07, 6.45) is 0. The maximum atomic E-state index is 9.75. The van der Waals surface area contributed by atoms with E-state index in [1.165, 1.54) is 0 Å². The molecule has 1 N–H and O–H groups in total. The molecule has 0 radical (unpaired) electrons. The van der Waals surface area contributed by atoms with Crippen LogP contribution in [-0.2, 0) is 9.09 Å². The highest BCUT2D eigenvalue weighted by Gasteiger charge is 1.95. The molecule has 0 saturated heterocycles. The molecule has 0 aromatic rings. The van der Waals surface area contributed by atoms with E-state index in [1.54, 1.807) is 0 Å². The van der Waals surface area contributed by atoms with Crippen LogP contribution in [-0.4, -0.2) is 43.4 Å². The molecule has 0 rings (SSSR count). The van der Waals surface area contributed by atoms with Gasteiger partial charge in [0.25, 0.3) is 0 Å². The molecule has 0 amide bonds. The van der Waals surface area contributed by atoms with Gasteiger partial charge in [0.05, 0.1) is 13.2 Å². The summed E-state index contributed by atoms with van der Waals surface area (Å²) in [4.78, 5) is 1.89. The lowest BCUT2D eigenvalue weighted by Gasteiger charge is -2.12. The minimum absolute atomic E-state index is 0.144. The molecule has 0 aliphatic carbocycles. The molecule has 0 saturated carbocycles. The number of likely N-dealkylation sites (N-methyl/N-ethyl adjacent to an activating group) is 1. The fourth-order valence-corrected chi connectivity index (χ4v) is 0.673. The topological polar surface area (TPSA) is 49.8 Å². The van der Waals surface area contributed by atoms with Gasteiger partial charge >= 0.3 is 8.69 Å². The molecule has 0 aliphatic heterocycles. The summed E-state index contributed by atoms with van der Waals surface area (Å²) in [6.45, 7) is 1.89. The smallest absolute Gasteiger partial charge is 0.327 e. The molecular weight excluding hydrogens is 153 g/mol. The highest BCUT2D eigenvalue weighted by molar-refractivity contribution is 7.17. The van der Waals surface area contributed by atoms with Gasteiger partial charge in [0.2, 0.25) is 0 Å². The van der Waals surface area contributed by atoms with E-state index >= 15 is 0 Å². The van der Waals surface area contributed by atoms with Crippen molar-refractivity contribution in [3.05, 3.63) is 0 Å². The molecule has 0 spiro atoms. The van der Waals surface area contributed by atoms with Crippen LogP contribution in [0.4, 0.5) is 0 Å². The van der Waals surface area contributed by atoms with Crippen molar-refractivity contribution in [2.75, 3.05) is 33.4 Å². The fourth-order valence-electron chi connectivity index (χ4n) is 0.516. The molecule has 5 heteroatoms. The summed E-state index contributed by atoms with van der Waals surface area (Å²) in [5.41, 5.74) is 0. The first kappa shape index (κ1) is 9.98. The van der Waals surface area contributed by atoms with E-state index in [0.717, 1.165) is 0 Å². The van der Waals surface area contributed by atoms with Gasteiger partial charge in [-0.2, -0.15) is 0 Å². The van der Waals surface area contributed by atoms with Crippen molar-refractivity contribution in [3.8, 4) is 0 Å². The molecule has 0 aliphatic rings. The Balaban J connectivity index is 3.04. The molecule has 0 aromatic carbocycles. The van der Waals surface area contributed by atoms with Gasteiger partial charge in [0.1, 0.15) is 0 Å². The Bertz CT molecular complexity index is 91.0. The maximum absolute atomic E-state index is 9.75. The molecule has 10 heavy (non-hydrogen) atoms. The van der Waals surface area contributed by atoms with E-state index in [-0.39, 0.29) is 15.3 Å². The van der Waals surface area contributed by atoms with Crippen LogP contribution in [0.15, 0.2) is 0 Å². The van der Waals surface area contributed by atoms with Gasteiger partial charge in [-0.3, -0.25) is 4.52 Å². The van der Waals surface area contributed by atoms with Gasteiger partial charge in [0, 0.05) is 13.1 Å². The highest BCUT2D eigenvalue weighted by Crippen LogP contribution is 1.93. The van der Waals surface area contributed by atoms with Crippen LogP contribution in [0.1, 0.15) is 0 Å². The first-order chi connectivity index (χ1) is 4.81. The zero-order valence-corrected chi connectivity index (χ0v) is 6.88. The van der Waals surface area contributed by atoms with Gasteiger partial charge in [-0.1, -0.05) is 0 Å². The zero-order chi connectivity index (χ0) is 7.82. The predicted molar refractivity (Wildman–Crippen MR) is 38.1 cm³/mol. The summed E-state index contributed by atoms with van der Waals surface area (Å²) in [5, 5.41) is 8.45. The Kier molecular flexibility index (Phi) is 7.08. The standard InChI is InChI=1S/C5H12NO3P/c1-6(2-4-7)3-5-9-10-8/h7H,2-5H2,1H3. The normalized spacial score (nSPS) is 11.1. The number of aliphatic hydroxyl groups is 1. The average molecular weight is 165 g/mol. The van der Waals surface area contributed by atoms with Crippen molar-refractivity contribution in [1.29, 1.82) is 0 Å². The molecular formula is C5H12NO3P. The van der Waals surface area contributed by atoms with Crippen LogP contribution in [0.5, 0.6) is 0 Å². The Morgan fingerprint density at radius 2 is 2.30 bits per heavy atom. The number of rotatable bonds is 6. The average Bonchev–Trinajstić information content (AvgIpc) is 1.89. The van der Waals surface area contributed by atoms with Crippen molar-refractivity contribution >= 4 is 8.69 Å². The molecule has 60 valence electrons. The lowest BCUT2D eigenvalue weighted by Crippen LogP contribution is -2.25. The van der Waals surface area contributed by atoms with Crippen LogP contribution < -0.4 is 0 Å². The van der Waals surface area contributed by atoms with Crippen molar-refractivity contribution in [3.63, 3.8) is 0 Å². The second kappa shape index (κ2) is 7.09. The van der Waals surface area contributed by atoms with Crippen molar-refractivity contribution < 1.29 is 14.2 Å². The SMILES string of the molecule is CN(CCO)CCOP=O. The van der Waals surface area contributed by atoms with E-state index in [1.807, 2.05) is 11.9 Å². The number of nitrogens with zero attached hydrogens (tertiary/aromatic N) is 1. The summed E-state index contributed by atoms with van der Waals surface area (Å²) >= 11 is 0. The van der Waals surface area contributed by atoms with Gasteiger partial charge in [0.15, 0.2) is 0 Å². The summed E-state index contributed by atoms with van der Waals surface area (Å²) in [7, 11) is 1.58. The summed E-state index contributed by atoms with van der Waals surface area (Å²) < 4.78 is 14.3. The van der Waals surface area contributed by atoms with Crippen molar-refractivity contribution in [1.82, 2.24) is 4.90 Å². The minimum Gasteiger partial charge on any atom is -0.395 e. The minimum atomic E-state index is -0.279. The summed E-state index contributed by atoms with van der Waals surface area (Å²) in [6, 6.07) is 0. The van der Waals surface area contributed by atoms with Gasteiger partial charge in [-0.15, -0.1) is 0 Å². The monoisotopic (exact) mass is 165 g/mol. The summed E-state index contributed by atoms with van der Waals surface area (Å²) in [5.74, 6) is 0. The Morgan fingerprint density at radius 3 is 2.80 bits per heavy atom. The Hall–Kier alpha value is -0.0200. The molecule has 0 aromatic heterocycles. The van der Waals surface area contributed by atoms with E-state index < -0.39 is 0 Å². The Labute approximate surface area is 62.1 Å². The fraction of sp³-hybridized carbons (Fsp3) is 1.00. The van der Waals surface area contributed by atoms with E-state index in [2.05, 4.69) is 4.52 Å². The highest BCUT2D eigenvalue weighted by atomic mass is 31.1. The molecule has 0 bridgehead atoms. The lowest BCUT2D eigenvalue weighted by molar-refractivity contribution is 0.198. The third-order valence-corrected chi connectivity index (χ3v) is 1.39. The second-order valence-electron chi connectivity index (χ2n) is 1.93. The van der Waals surface area contributed by atoms with Crippen LogP contribution in [0, 0.1) is 0 Å². The molecule has 0 fully saturated rings. The Morgan fingerprint density at radius 1 is 1.60 bits per heavy atom. The number of hydrogen-bond acceptors (Lipinski definition) is 4. The zero-order valence-electron chi connectivity index (χ0n) is 5.99. The van der Waals surface area contributed by atoms with Gasteiger partial charge in [-0.05, 0) is 7.05 Å². The lowest BCUT2D eigenvalue weighted by atomic mass is 10.5. The number of hydrogen-bond donors (Lipinski definition) is 1.